The van der Waals surface area contributed by atoms with Crippen LogP contribution in [0.2, 0.25) is 0 Å². The molecule has 0 bridgehead atoms. The molecule has 124 valence electrons. The molecule has 2 rings (SSSR count). The Kier molecular flexibility index (Phi) is 4.51. The second-order valence-corrected chi connectivity index (χ2v) is 7.06. The molecule has 1 fully saturated rings. The monoisotopic (exact) mass is 341 g/mol. The summed E-state index contributed by atoms with van der Waals surface area (Å²) in [4.78, 5) is -0.942. The van der Waals surface area contributed by atoms with Crippen LogP contribution in [0.1, 0.15) is 19.4 Å². The fourth-order valence-corrected chi connectivity index (χ4v) is 4.17. The summed E-state index contributed by atoms with van der Waals surface area (Å²) in [6, 6.07) is 0.950. The average Bonchev–Trinajstić information content (AvgIpc) is 2.40. The van der Waals surface area contributed by atoms with Crippen molar-refractivity contribution < 1.29 is 30.7 Å². The number of hydrogen-bond donors (Lipinski definition) is 0. The molecule has 1 aromatic carbocycles. The number of sulfonamides is 1. The molecule has 9 heteroatoms. The first-order valence-electron chi connectivity index (χ1n) is 6.53. The maximum absolute atomic E-state index is 13.1. The van der Waals surface area contributed by atoms with Crippen LogP contribution >= 0.6 is 0 Å². The lowest BCUT2D eigenvalue weighted by molar-refractivity contribution is -0.140. The van der Waals surface area contributed by atoms with Crippen molar-refractivity contribution >= 4 is 10.0 Å². The summed E-state index contributed by atoms with van der Waals surface area (Å²) in [6.45, 7) is 3.20. The van der Waals surface area contributed by atoms with Crippen molar-refractivity contribution in [1.29, 1.82) is 0 Å². The minimum absolute atomic E-state index is 0.0574. The summed E-state index contributed by atoms with van der Waals surface area (Å²) < 4.78 is 83.6. The van der Waals surface area contributed by atoms with E-state index in [1.165, 1.54) is 0 Å². The summed E-state index contributed by atoms with van der Waals surface area (Å²) in [5, 5.41) is 0. The van der Waals surface area contributed by atoms with Crippen LogP contribution in [0.15, 0.2) is 23.1 Å². The second-order valence-electron chi connectivity index (χ2n) is 5.21. The zero-order valence-corrected chi connectivity index (χ0v) is 12.7. The van der Waals surface area contributed by atoms with E-state index in [1.54, 1.807) is 13.8 Å². The van der Waals surface area contributed by atoms with E-state index in [0.29, 0.717) is 12.1 Å². The van der Waals surface area contributed by atoms with Gasteiger partial charge in [0.15, 0.2) is 0 Å². The predicted molar refractivity (Wildman–Crippen MR) is 70.2 cm³/mol. The SMILES string of the molecule is C[C@@H]1CN(S(=O)(=O)c2ccc(F)cc2C(F)(F)F)[C@@H](C)CO1. The van der Waals surface area contributed by atoms with Gasteiger partial charge in [-0.05, 0) is 32.0 Å². The summed E-state index contributed by atoms with van der Waals surface area (Å²) in [5.41, 5.74) is -1.50. The number of ether oxygens (including phenoxy) is 1. The lowest BCUT2D eigenvalue weighted by atomic mass is 10.2. The highest BCUT2D eigenvalue weighted by molar-refractivity contribution is 7.89. The number of hydrogen-bond acceptors (Lipinski definition) is 3. The Morgan fingerprint density at radius 3 is 2.50 bits per heavy atom. The number of nitrogens with zero attached hydrogens (tertiary/aromatic N) is 1. The van der Waals surface area contributed by atoms with Crippen LogP contribution in [-0.4, -0.2) is 38.0 Å². The van der Waals surface area contributed by atoms with Gasteiger partial charge in [0.1, 0.15) is 5.82 Å². The van der Waals surface area contributed by atoms with Crippen LogP contribution in [0.3, 0.4) is 0 Å². The maximum Gasteiger partial charge on any atom is 0.417 e. The lowest BCUT2D eigenvalue weighted by Crippen LogP contribution is -2.50. The largest absolute Gasteiger partial charge is 0.417 e. The minimum atomic E-state index is -4.97. The van der Waals surface area contributed by atoms with Gasteiger partial charge in [-0.2, -0.15) is 17.5 Å². The molecule has 1 heterocycles. The first-order chi connectivity index (χ1) is 10.0. The molecule has 1 aliphatic heterocycles. The van der Waals surface area contributed by atoms with Crippen LogP contribution in [-0.2, 0) is 20.9 Å². The molecule has 0 amide bonds. The third-order valence-electron chi connectivity index (χ3n) is 3.38. The van der Waals surface area contributed by atoms with Crippen LogP contribution in [0, 0.1) is 5.82 Å². The maximum atomic E-state index is 13.1. The zero-order chi connectivity index (χ0) is 16.7. The Labute approximate surface area is 125 Å². The second kappa shape index (κ2) is 5.78. The Hall–Kier alpha value is -1.19. The van der Waals surface area contributed by atoms with Gasteiger partial charge in [-0.15, -0.1) is 0 Å². The molecular formula is C13H15F4NO3S. The molecule has 0 aliphatic carbocycles. The topological polar surface area (TPSA) is 46.6 Å². The van der Waals surface area contributed by atoms with Crippen LogP contribution < -0.4 is 0 Å². The van der Waals surface area contributed by atoms with E-state index in [-0.39, 0.29) is 19.2 Å². The van der Waals surface area contributed by atoms with Crippen molar-refractivity contribution in [2.24, 2.45) is 0 Å². The van der Waals surface area contributed by atoms with Crippen LogP contribution in [0.5, 0.6) is 0 Å². The van der Waals surface area contributed by atoms with E-state index in [0.717, 1.165) is 4.31 Å². The summed E-state index contributed by atoms with van der Waals surface area (Å²) >= 11 is 0. The smallest absolute Gasteiger partial charge is 0.375 e. The zero-order valence-electron chi connectivity index (χ0n) is 11.9. The van der Waals surface area contributed by atoms with Crippen molar-refractivity contribution in [3.8, 4) is 0 Å². The fraction of sp³-hybridized carbons (Fsp3) is 0.538. The number of halogens is 4. The van der Waals surface area contributed by atoms with Gasteiger partial charge in [-0.3, -0.25) is 0 Å². The van der Waals surface area contributed by atoms with Crippen LogP contribution in [0.4, 0.5) is 17.6 Å². The lowest BCUT2D eigenvalue weighted by Gasteiger charge is -2.36. The van der Waals surface area contributed by atoms with Crippen molar-refractivity contribution in [2.45, 2.75) is 37.1 Å². The van der Waals surface area contributed by atoms with Gasteiger partial charge < -0.3 is 4.74 Å². The minimum Gasteiger partial charge on any atom is -0.375 e. The van der Waals surface area contributed by atoms with Gasteiger partial charge in [-0.25, -0.2) is 12.8 Å². The van der Waals surface area contributed by atoms with E-state index in [2.05, 4.69) is 0 Å². The molecule has 0 unspecified atom stereocenters. The van der Waals surface area contributed by atoms with Gasteiger partial charge in [-0.1, -0.05) is 0 Å². The normalized spacial score (nSPS) is 24.5. The number of alkyl halides is 3. The summed E-state index contributed by atoms with van der Waals surface area (Å²) in [5.74, 6) is -1.14. The van der Waals surface area contributed by atoms with Gasteiger partial charge in [0, 0.05) is 12.6 Å². The number of rotatable bonds is 2. The van der Waals surface area contributed by atoms with Gasteiger partial charge >= 0.3 is 6.18 Å². The van der Waals surface area contributed by atoms with E-state index in [4.69, 9.17) is 4.74 Å². The van der Waals surface area contributed by atoms with E-state index < -0.39 is 44.6 Å². The molecular weight excluding hydrogens is 326 g/mol. The molecule has 1 saturated heterocycles. The highest BCUT2D eigenvalue weighted by atomic mass is 32.2. The van der Waals surface area contributed by atoms with Gasteiger partial charge in [0.2, 0.25) is 10.0 Å². The number of morpholine rings is 1. The Morgan fingerprint density at radius 1 is 1.27 bits per heavy atom. The molecule has 1 aliphatic rings. The van der Waals surface area contributed by atoms with E-state index in [1.807, 2.05) is 0 Å². The predicted octanol–water partition coefficient (Wildman–Crippen LogP) is 2.64. The highest BCUT2D eigenvalue weighted by Crippen LogP contribution is 2.36. The molecule has 2 atom stereocenters. The van der Waals surface area contributed by atoms with Crippen LogP contribution in [0.25, 0.3) is 0 Å². The van der Waals surface area contributed by atoms with Crippen molar-refractivity contribution in [1.82, 2.24) is 4.31 Å². The number of benzene rings is 1. The standard InChI is InChI=1S/C13H15F4NO3S/c1-8-7-21-9(2)6-18(8)22(19,20)12-4-3-10(14)5-11(12)13(15,16)17/h3-5,8-9H,6-7H2,1-2H3/t8-,9+/m0/s1. The molecule has 0 aromatic heterocycles. The fourth-order valence-electron chi connectivity index (χ4n) is 2.28. The molecule has 0 N–H and O–H groups in total. The molecule has 0 radical (unpaired) electrons. The van der Waals surface area contributed by atoms with Gasteiger partial charge in [0.25, 0.3) is 0 Å². The Balaban J connectivity index is 2.54. The Morgan fingerprint density at radius 2 is 1.91 bits per heavy atom. The highest BCUT2D eigenvalue weighted by Gasteiger charge is 2.41. The average molecular weight is 341 g/mol. The molecule has 4 nitrogen and oxygen atoms in total. The first kappa shape index (κ1) is 17.2. The van der Waals surface area contributed by atoms with Crippen molar-refractivity contribution in [3.05, 3.63) is 29.6 Å². The Bertz CT molecular complexity index is 660. The van der Waals surface area contributed by atoms with Crippen molar-refractivity contribution in [3.63, 3.8) is 0 Å². The summed E-state index contributed by atoms with van der Waals surface area (Å²) in [7, 11) is -4.41. The molecule has 0 spiro atoms. The van der Waals surface area contributed by atoms with Crippen molar-refractivity contribution in [2.75, 3.05) is 13.2 Å². The molecule has 22 heavy (non-hydrogen) atoms. The first-order valence-corrected chi connectivity index (χ1v) is 7.97. The third-order valence-corrected chi connectivity index (χ3v) is 5.42. The van der Waals surface area contributed by atoms with E-state index >= 15 is 0 Å². The van der Waals surface area contributed by atoms with E-state index in [9.17, 15) is 26.0 Å². The quantitative estimate of drug-likeness (QED) is 0.777. The molecule has 1 aromatic rings. The summed E-state index contributed by atoms with van der Waals surface area (Å²) in [6.07, 6.45) is -5.40. The third kappa shape index (κ3) is 3.26. The molecule has 0 saturated carbocycles. The van der Waals surface area contributed by atoms with Gasteiger partial charge in [0.05, 0.1) is 23.2 Å².